The fourth-order valence-corrected chi connectivity index (χ4v) is 4.30. The van der Waals surface area contributed by atoms with Gasteiger partial charge in [-0.1, -0.05) is 30.3 Å². The Hall–Kier alpha value is -2.86. The van der Waals surface area contributed by atoms with Crippen LogP contribution in [-0.4, -0.2) is 39.6 Å². The van der Waals surface area contributed by atoms with Gasteiger partial charge in [-0.25, -0.2) is 4.98 Å². The fraction of sp³-hybridized carbons (Fsp3) is 0.238. The number of carbonyl (C=O) groups is 2. The number of pyridine rings is 1. The van der Waals surface area contributed by atoms with Crippen LogP contribution in [0.1, 0.15) is 45.7 Å². The summed E-state index contributed by atoms with van der Waals surface area (Å²) in [6.07, 6.45) is 4.57. The largest absolute Gasteiger partial charge is 0.337 e. The van der Waals surface area contributed by atoms with Crippen LogP contribution in [0.4, 0.5) is 0 Å². The average molecular weight is 377 g/mol. The molecular formula is C21H19N3O2S. The average Bonchev–Trinajstić information content (AvgIpc) is 3.38. The number of hydrogen-bond acceptors (Lipinski definition) is 5. The van der Waals surface area contributed by atoms with Crippen LogP contribution in [0, 0.1) is 0 Å². The number of ketones is 1. The summed E-state index contributed by atoms with van der Waals surface area (Å²) in [5, 5.41) is 2.48. The van der Waals surface area contributed by atoms with Gasteiger partial charge in [0.15, 0.2) is 5.78 Å². The van der Waals surface area contributed by atoms with Gasteiger partial charge in [0.1, 0.15) is 10.7 Å². The van der Waals surface area contributed by atoms with Gasteiger partial charge in [0.05, 0.1) is 0 Å². The van der Waals surface area contributed by atoms with E-state index in [4.69, 9.17) is 0 Å². The third-order valence-electron chi connectivity index (χ3n) is 4.89. The Bertz CT molecular complexity index is 984. The zero-order valence-corrected chi connectivity index (χ0v) is 15.8. The third kappa shape index (κ3) is 3.53. The lowest BCUT2D eigenvalue weighted by molar-refractivity contribution is 0.0785. The number of hydrogen-bond donors (Lipinski definition) is 0. The maximum atomic E-state index is 12.9. The Balaban J connectivity index is 1.53. The van der Waals surface area contributed by atoms with Crippen molar-refractivity contribution in [3.05, 3.63) is 71.0 Å². The van der Waals surface area contributed by atoms with Crippen LogP contribution in [0.25, 0.3) is 10.6 Å². The molecule has 1 aliphatic rings. The van der Waals surface area contributed by atoms with Gasteiger partial charge in [-0.2, -0.15) is 0 Å². The molecule has 3 heterocycles. The van der Waals surface area contributed by atoms with Crippen molar-refractivity contribution in [3.63, 3.8) is 0 Å². The van der Waals surface area contributed by atoms with Crippen molar-refractivity contribution in [1.29, 1.82) is 0 Å². The molecule has 4 rings (SSSR count). The zero-order chi connectivity index (χ0) is 18.8. The number of nitrogens with zero attached hydrogens (tertiary/aromatic N) is 3. The summed E-state index contributed by atoms with van der Waals surface area (Å²) in [6, 6.07) is 11.4. The van der Waals surface area contributed by atoms with E-state index in [2.05, 4.69) is 16.0 Å². The number of aromatic nitrogens is 2. The molecule has 0 N–H and O–H groups in total. The first-order valence-corrected chi connectivity index (χ1v) is 9.76. The number of amides is 1. The van der Waals surface area contributed by atoms with Crippen molar-refractivity contribution in [2.24, 2.45) is 0 Å². The van der Waals surface area contributed by atoms with E-state index in [-0.39, 0.29) is 11.7 Å². The van der Waals surface area contributed by atoms with Crippen LogP contribution in [0.15, 0.2) is 54.2 Å². The van der Waals surface area contributed by atoms with E-state index in [9.17, 15) is 9.59 Å². The summed E-state index contributed by atoms with van der Waals surface area (Å²) in [6.45, 7) is 2.94. The van der Waals surface area contributed by atoms with Crippen molar-refractivity contribution in [1.82, 2.24) is 14.9 Å². The minimum absolute atomic E-state index is 0.00691. The Kier molecular flexibility index (Phi) is 4.81. The second-order valence-electron chi connectivity index (χ2n) is 6.66. The highest BCUT2D eigenvalue weighted by Crippen LogP contribution is 2.30. The molecule has 5 nitrogen and oxygen atoms in total. The number of Topliss-reactive ketones (excluding diaryl/α,β-unsaturated/α-hetero) is 1. The van der Waals surface area contributed by atoms with Crippen molar-refractivity contribution in [2.75, 3.05) is 13.1 Å². The molecule has 1 fully saturated rings. The molecule has 1 unspecified atom stereocenters. The molecule has 0 saturated carbocycles. The second kappa shape index (κ2) is 7.40. The summed E-state index contributed by atoms with van der Waals surface area (Å²) >= 11 is 1.40. The predicted molar refractivity (Wildman–Crippen MR) is 105 cm³/mol. The molecule has 1 atom stereocenters. The molecule has 0 aliphatic carbocycles. The van der Waals surface area contributed by atoms with Crippen LogP contribution in [0.2, 0.25) is 0 Å². The highest BCUT2D eigenvalue weighted by Gasteiger charge is 2.29. The smallest absolute Gasteiger partial charge is 0.273 e. The minimum Gasteiger partial charge on any atom is -0.337 e. The lowest BCUT2D eigenvalue weighted by Gasteiger charge is -2.15. The van der Waals surface area contributed by atoms with E-state index >= 15 is 0 Å². The molecule has 1 aromatic carbocycles. The summed E-state index contributed by atoms with van der Waals surface area (Å²) in [7, 11) is 0. The molecule has 27 heavy (non-hydrogen) atoms. The molecule has 136 valence electrons. The van der Waals surface area contributed by atoms with Gasteiger partial charge < -0.3 is 4.90 Å². The molecule has 0 spiro atoms. The molecule has 0 bridgehead atoms. The Morgan fingerprint density at radius 1 is 1.19 bits per heavy atom. The number of likely N-dealkylation sites (tertiary alicyclic amines) is 1. The highest BCUT2D eigenvalue weighted by atomic mass is 32.1. The predicted octanol–water partition coefficient (Wildman–Crippen LogP) is 4.04. The van der Waals surface area contributed by atoms with Gasteiger partial charge in [-0.05, 0) is 25.0 Å². The maximum absolute atomic E-state index is 12.9. The number of carbonyl (C=O) groups excluding carboxylic acids is 2. The normalized spacial score (nSPS) is 16.5. The van der Waals surface area contributed by atoms with Crippen LogP contribution < -0.4 is 0 Å². The Morgan fingerprint density at radius 2 is 2.04 bits per heavy atom. The van der Waals surface area contributed by atoms with Crippen LogP contribution in [-0.2, 0) is 0 Å². The summed E-state index contributed by atoms with van der Waals surface area (Å²) in [4.78, 5) is 35.3. The first-order valence-electron chi connectivity index (χ1n) is 8.88. The maximum Gasteiger partial charge on any atom is 0.273 e. The third-order valence-corrected chi connectivity index (χ3v) is 5.77. The molecular weight excluding hydrogens is 358 g/mol. The standard InChI is InChI=1S/C21H19N3O2S/c1-14(25)17-6-2-3-7-18(17)20-23-19(13-27-20)21(26)24-10-8-16(12-24)15-5-4-9-22-11-15/h2-7,9,11,13,16H,8,10,12H2,1H3. The lowest BCUT2D eigenvalue weighted by Crippen LogP contribution is -2.28. The SMILES string of the molecule is CC(=O)c1ccccc1-c1nc(C(=O)N2CCC(c3cccnc3)C2)cs1. The van der Waals surface area contributed by atoms with Gasteiger partial charge >= 0.3 is 0 Å². The molecule has 1 amide bonds. The van der Waals surface area contributed by atoms with E-state index in [1.54, 1.807) is 24.6 Å². The van der Waals surface area contributed by atoms with Gasteiger partial charge in [-0.15, -0.1) is 11.3 Å². The van der Waals surface area contributed by atoms with E-state index in [1.807, 2.05) is 35.4 Å². The number of thiazole rings is 1. The van der Waals surface area contributed by atoms with E-state index in [0.29, 0.717) is 28.7 Å². The van der Waals surface area contributed by atoms with E-state index in [0.717, 1.165) is 18.5 Å². The fourth-order valence-electron chi connectivity index (χ4n) is 3.47. The molecule has 1 saturated heterocycles. The summed E-state index contributed by atoms with van der Waals surface area (Å²) in [5.41, 5.74) is 3.02. The summed E-state index contributed by atoms with van der Waals surface area (Å²) in [5.74, 6) is 0.260. The molecule has 2 aromatic heterocycles. The topological polar surface area (TPSA) is 63.2 Å². The van der Waals surface area contributed by atoms with Gasteiger partial charge in [0.2, 0.25) is 0 Å². The minimum atomic E-state index is -0.0517. The first-order chi connectivity index (χ1) is 13.1. The second-order valence-corrected chi connectivity index (χ2v) is 7.52. The Labute approximate surface area is 161 Å². The van der Waals surface area contributed by atoms with Crippen molar-refractivity contribution < 1.29 is 9.59 Å². The lowest BCUT2D eigenvalue weighted by atomic mass is 10.0. The van der Waals surface area contributed by atoms with Crippen LogP contribution >= 0.6 is 11.3 Å². The number of benzene rings is 1. The van der Waals surface area contributed by atoms with Gasteiger partial charge in [0.25, 0.3) is 5.91 Å². The van der Waals surface area contributed by atoms with Gasteiger partial charge in [-0.3, -0.25) is 14.6 Å². The first kappa shape index (κ1) is 17.5. The Morgan fingerprint density at radius 3 is 2.81 bits per heavy atom. The van der Waals surface area contributed by atoms with Crippen molar-refractivity contribution in [2.45, 2.75) is 19.3 Å². The molecule has 6 heteroatoms. The summed E-state index contributed by atoms with van der Waals surface area (Å²) < 4.78 is 0. The zero-order valence-electron chi connectivity index (χ0n) is 15.0. The van der Waals surface area contributed by atoms with Gasteiger partial charge in [0, 0.05) is 47.9 Å². The van der Waals surface area contributed by atoms with Crippen molar-refractivity contribution in [3.8, 4) is 10.6 Å². The quantitative estimate of drug-likeness (QED) is 0.644. The van der Waals surface area contributed by atoms with Crippen molar-refractivity contribution >= 4 is 23.0 Å². The molecule has 1 aliphatic heterocycles. The highest BCUT2D eigenvalue weighted by molar-refractivity contribution is 7.13. The molecule has 3 aromatic rings. The van der Waals surface area contributed by atoms with Crippen LogP contribution in [0.3, 0.4) is 0 Å². The van der Waals surface area contributed by atoms with Crippen LogP contribution in [0.5, 0.6) is 0 Å². The van der Waals surface area contributed by atoms with E-state index < -0.39 is 0 Å². The monoisotopic (exact) mass is 377 g/mol. The van der Waals surface area contributed by atoms with E-state index in [1.165, 1.54) is 16.9 Å². The number of rotatable bonds is 4. The molecule has 0 radical (unpaired) electrons.